The van der Waals surface area contributed by atoms with E-state index in [1.54, 1.807) is 0 Å². The van der Waals surface area contributed by atoms with Crippen molar-refractivity contribution in [2.24, 2.45) is 5.92 Å². The van der Waals surface area contributed by atoms with Crippen LogP contribution in [0.4, 0.5) is 26.3 Å². The molecule has 124 valence electrons. The Morgan fingerprint density at radius 2 is 1.71 bits per heavy atom. The number of hydrogen-bond donors (Lipinski definition) is 1. The van der Waals surface area contributed by atoms with Gasteiger partial charge in [0.15, 0.2) is 0 Å². The molecule has 1 aliphatic heterocycles. The first-order valence-electron chi connectivity index (χ1n) is 5.97. The molecule has 10 heteroatoms. The number of halogens is 6. The normalized spacial score (nSPS) is 31.3. The number of esters is 1. The van der Waals surface area contributed by atoms with Crippen LogP contribution in [-0.4, -0.2) is 41.4 Å². The van der Waals surface area contributed by atoms with E-state index in [1.165, 1.54) is 13.8 Å². The molecular weight excluding hydrogens is 310 g/mol. The molecular formula is C11H14F6O4. The van der Waals surface area contributed by atoms with Crippen molar-refractivity contribution in [1.29, 1.82) is 0 Å². The highest BCUT2D eigenvalue weighted by Crippen LogP contribution is 2.50. The molecule has 2 unspecified atom stereocenters. The van der Waals surface area contributed by atoms with Gasteiger partial charge < -0.3 is 14.6 Å². The number of ether oxygens (including phenoxy) is 2. The fraction of sp³-hybridized carbons (Fsp3) is 0.909. The average Bonchev–Trinajstić information content (AvgIpc) is 2.25. The van der Waals surface area contributed by atoms with Crippen molar-refractivity contribution in [1.82, 2.24) is 0 Å². The maximum absolute atomic E-state index is 13.1. The zero-order valence-corrected chi connectivity index (χ0v) is 11.1. The summed E-state index contributed by atoms with van der Waals surface area (Å²) in [6.45, 7) is 1.42. The second kappa shape index (κ2) is 5.31. The zero-order valence-electron chi connectivity index (χ0n) is 11.1. The lowest BCUT2D eigenvalue weighted by Crippen LogP contribution is -2.63. The molecule has 4 nitrogen and oxygen atoms in total. The Bertz CT molecular complexity index is 404. The number of carbonyl (C=O) groups excluding carboxylic acids is 1. The quantitative estimate of drug-likeness (QED) is 0.626. The van der Waals surface area contributed by atoms with Crippen molar-refractivity contribution in [2.45, 2.75) is 50.4 Å². The first-order valence-corrected chi connectivity index (χ1v) is 5.97. The maximum atomic E-state index is 13.1. The van der Waals surface area contributed by atoms with Crippen molar-refractivity contribution < 1.29 is 45.7 Å². The molecule has 1 saturated heterocycles. The summed E-state index contributed by atoms with van der Waals surface area (Å²) in [6.07, 6.45) is -13.7. The average molecular weight is 324 g/mol. The number of rotatable bonds is 2. The van der Waals surface area contributed by atoms with Gasteiger partial charge in [0.1, 0.15) is 0 Å². The van der Waals surface area contributed by atoms with E-state index in [4.69, 9.17) is 0 Å². The molecule has 0 aromatic heterocycles. The second-order valence-corrected chi connectivity index (χ2v) is 5.13. The first-order chi connectivity index (χ1) is 9.24. The molecule has 2 atom stereocenters. The SMILES string of the molecule is CC(C)C(=O)OC1(C(F)(F)F)CCOC(O)(C(F)(F)F)C1. The predicted molar refractivity (Wildman–Crippen MR) is 55.9 cm³/mol. The lowest BCUT2D eigenvalue weighted by atomic mass is 9.86. The molecule has 1 N–H and O–H groups in total. The van der Waals surface area contributed by atoms with Gasteiger partial charge in [-0.3, -0.25) is 4.79 Å². The van der Waals surface area contributed by atoms with Crippen LogP contribution in [0.5, 0.6) is 0 Å². The summed E-state index contributed by atoms with van der Waals surface area (Å²) in [5, 5.41) is 9.32. The molecule has 1 heterocycles. The van der Waals surface area contributed by atoms with Crippen LogP contribution >= 0.6 is 0 Å². The Balaban J connectivity index is 3.18. The van der Waals surface area contributed by atoms with Crippen LogP contribution in [0.1, 0.15) is 26.7 Å². The smallest absolute Gasteiger partial charge is 0.443 e. The summed E-state index contributed by atoms with van der Waals surface area (Å²) in [6, 6.07) is 0. The molecule has 0 aliphatic carbocycles. The largest absolute Gasteiger partial charge is 0.449 e. The van der Waals surface area contributed by atoms with Crippen molar-refractivity contribution in [3.05, 3.63) is 0 Å². The van der Waals surface area contributed by atoms with Gasteiger partial charge in [-0.1, -0.05) is 13.8 Å². The summed E-state index contributed by atoms with van der Waals surface area (Å²) >= 11 is 0. The zero-order chi connectivity index (χ0) is 16.7. The topological polar surface area (TPSA) is 55.8 Å². The minimum absolute atomic E-state index is 0.967. The monoisotopic (exact) mass is 324 g/mol. The van der Waals surface area contributed by atoms with E-state index in [0.29, 0.717) is 0 Å². The summed E-state index contributed by atoms with van der Waals surface area (Å²) in [5.74, 6) is -6.29. The Morgan fingerprint density at radius 3 is 2.10 bits per heavy atom. The van der Waals surface area contributed by atoms with Crippen LogP contribution in [0.15, 0.2) is 0 Å². The van der Waals surface area contributed by atoms with Crippen molar-refractivity contribution >= 4 is 5.97 Å². The summed E-state index contributed by atoms with van der Waals surface area (Å²) in [5.41, 5.74) is -3.43. The van der Waals surface area contributed by atoms with Crippen LogP contribution in [-0.2, 0) is 14.3 Å². The molecule has 0 saturated carbocycles. The van der Waals surface area contributed by atoms with E-state index in [-0.39, 0.29) is 0 Å². The molecule has 0 bridgehead atoms. The van der Waals surface area contributed by atoms with Gasteiger partial charge in [0.2, 0.25) is 5.60 Å². The molecule has 0 amide bonds. The van der Waals surface area contributed by atoms with E-state index in [9.17, 15) is 36.2 Å². The van der Waals surface area contributed by atoms with Gasteiger partial charge in [-0.15, -0.1) is 0 Å². The molecule has 0 aromatic carbocycles. The highest BCUT2D eigenvalue weighted by Gasteiger charge is 2.69. The number of alkyl halides is 6. The first kappa shape index (κ1) is 18.0. The van der Waals surface area contributed by atoms with E-state index in [1.807, 2.05) is 0 Å². The fourth-order valence-corrected chi connectivity index (χ4v) is 1.79. The molecule has 0 aromatic rings. The van der Waals surface area contributed by atoms with Crippen LogP contribution in [0, 0.1) is 5.92 Å². The van der Waals surface area contributed by atoms with Crippen LogP contribution in [0.3, 0.4) is 0 Å². The van der Waals surface area contributed by atoms with Gasteiger partial charge in [-0.25, -0.2) is 0 Å². The highest BCUT2D eigenvalue weighted by molar-refractivity contribution is 5.72. The molecule has 0 spiro atoms. The van der Waals surface area contributed by atoms with Gasteiger partial charge >= 0.3 is 18.3 Å². The lowest BCUT2D eigenvalue weighted by Gasteiger charge is -2.45. The number of carbonyl (C=O) groups is 1. The standard InChI is InChI=1S/C11H14F6O4/c1-6(2)7(18)21-8(10(12,13)14)3-4-20-9(19,5-8)11(15,16)17/h6,19H,3-5H2,1-2H3. The fourth-order valence-electron chi connectivity index (χ4n) is 1.79. The third-order valence-electron chi connectivity index (χ3n) is 3.10. The van der Waals surface area contributed by atoms with E-state index >= 15 is 0 Å². The molecule has 0 radical (unpaired) electrons. The third kappa shape index (κ3) is 3.42. The van der Waals surface area contributed by atoms with Crippen LogP contribution in [0.2, 0.25) is 0 Å². The number of aliphatic hydroxyl groups is 1. The Kier molecular flexibility index (Phi) is 4.56. The Labute approximate surface area is 116 Å². The van der Waals surface area contributed by atoms with Gasteiger partial charge in [-0.05, 0) is 0 Å². The summed E-state index contributed by atoms with van der Waals surface area (Å²) in [7, 11) is 0. The molecule has 1 aliphatic rings. The second-order valence-electron chi connectivity index (χ2n) is 5.13. The van der Waals surface area contributed by atoms with Crippen LogP contribution < -0.4 is 0 Å². The van der Waals surface area contributed by atoms with Gasteiger partial charge in [0, 0.05) is 6.42 Å². The van der Waals surface area contributed by atoms with E-state index in [2.05, 4.69) is 9.47 Å². The molecule has 21 heavy (non-hydrogen) atoms. The van der Waals surface area contributed by atoms with Crippen molar-refractivity contribution in [3.8, 4) is 0 Å². The number of hydrogen-bond acceptors (Lipinski definition) is 4. The van der Waals surface area contributed by atoms with E-state index in [0.717, 1.165) is 0 Å². The maximum Gasteiger partial charge on any atom is 0.443 e. The predicted octanol–water partition coefficient (Wildman–Crippen LogP) is 2.55. The van der Waals surface area contributed by atoms with Gasteiger partial charge in [0.25, 0.3) is 5.79 Å². The van der Waals surface area contributed by atoms with Crippen molar-refractivity contribution in [3.63, 3.8) is 0 Å². The third-order valence-corrected chi connectivity index (χ3v) is 3.10. The lowest BCUT2D eigenvalue weighted by molar-refractivity contribution is -0.413. The minimum Gasteiger partial charge on any atom is -0.449 e. The highest BCUT2D eigenvalue weighted by atomic mass is 19.4. The van der Waals surface area contributed by atoms with Crippen molar-refractivity contribution in [2.75, 3.05) is 6.61 Å². The van der Waals surface area contributed by atoms with Gasteiger partial charge in [-0.2, -0.15) is 26.3 Å². The summed E-state index contributed by atoms with van der Waals surface area (Å²) in [4.78, 5) is 11.4. The van der Waals surface area contributed by atoms with E-state index < -0.39 is 55.1 Å². The van der Waals surface area contributed by atoms with Crippen LogP contribution in [0.25, 0.3) is 0 Å². The minimum atomic E-state index is -5.45. The Morgan fingerprint density at radius 1 is 1.19 bits per heavy atom. The molecule has 1 rings (SSSR count). The summed E-state index contributed by atoms with van der Waals surface area (Å²) < 4.78 is 85.8. The van der Waals surface area contributed by atoms with Gasteiger partial charge in [0.05, 0.1) is 18.9 Å². The molecule has 1 fully saturated rings. The Hall–Kier alpha value is -1.03.